The third kappa shape index (κ3) is 4.38. The third-order valence-corrected chi connectivity index (χ3v) is 6.31. The number of hydrogen-bond donors (Lipinski definition) is 1. The van der Waals surface area contributed by atoms with Crippen molar-refractivity contribution in [1.82, 2.24) is 14.9 Å². The summed E-state index contributed by atoms with van der Waals surface area (Å²) in [6.45, 7) is 5.30. The molecule has 0 bridgehead atoms. The lowest BCUT2D eigenvalue weighted by atomic mass is 10.0. The lowest BCUT2D eigenvalue weighted by molar-refractivity contribution is 0.0574. The van der Waals surface area contributed by atoms with Gasteiger partial charge in [0, 0.05) is 19.5 Å². The lowest BCUT2D eigenvalue weighted by Gasteiger charge is -2.33. The van der Waals surface area contributed by atoms with Gasteiger partial charge in [0.25, 0.3) is 5.91 Å². The number of oxazole rings is 1. The molecule has 0 aliphatic carbocycles. The highest BCUT2D eigenvalue weighted by Gasteiger charge is 2.33. The number of halogens is 1. The van der Waals surface area contributed by atoms with Crippen LogP contribution in [0.3, 0.4) is 0 Å². The van der Waals surface area contributed by atoms with E-state index in [1.165, 1.54) is 23.5 Å². The van der Waals surface area contributed by atoms with Gasteiger partial charge in [-0.3, -0.25) is 4.79 Å². The van der Waals surface area contributed by atoms with Crippen molar-refractivity contribution in [3.8, 4) is 0 Å². The molecule has 0 radical (unpaired) electrons. The highest BCUT2D eigenvalue weighted by molar-refractivity contribution is 7.17. The average molecular weight is 429 g/mol. The summed E-state index contributed by atoms with van der Waals surface area (Å²) in [6.07, 6.45) is 4.92. The van der Waals surface area contributed by atoms with Crippen LogP contribution < -0.4 is 5.32 Å². The van der Waals surface area contributed by atoms with Crippen LogP contribution in [0, 0.1) is 12.7 Å². The number of aryl methyl sites for hydroxylation is 1. The smallest absolute Gasteiger partial charge is 0.266 e. The predicted molar refractivity (Wildman–Crippen MR) is 114 cm³/mol. The Bertz CT molecular complexity index is 1030. The first-order valence-electron chi connectivity index (χ1n) is 10.3. The van der Waals surface area contributed by atoms with Gasteiger partial charge in [0.15, 0.2) is 5.13 Å². The van der Waals surface area contributed by atoms with Crippen LogP contribution in [-0.2, 0) is 6.42 Å². The number of benzene rings is 1. The molecular formula is C22H25FN4O2S. The standard InChI is InChI=1S/C22H25FN4O2S/c1-3-24-22-26-14(2)19(30-22)21(28)27-10-5-4-9-18(27)20-25-13-17(29-20)12-15-7-6-8-16(23)11-15/h6-8,11,13,18H,3-5,9-10,12H2,1-2H3,(H,24,26). The SMILES string of the molecule is CCNc1nc(C)c(C(=O)N2CCCCC2c2ncc(Cc3cccc(F)c3)o2)s1. The maximum absolute atomic E-state index is 13.5. The zero-order valence-electron chi connectivity index (χ0n) is 17.2. The van der Waals surface area contributed by atoms with E-state index in [0.29, 0.717) is 29.5 Å². The molecule has 0 spiro atoms. The number of aromatic nitrogens is 2. The van der Waals surface area contributed by atoms with Gasteiger partial charge in [-0.15, -0.1) is 0 Å². The second kappa shape index (κ2) is 8.95. The van der Waals surface area contributed by atoms with Crippen LogP contribution in [0.15, 0.2) is 34.9 Å². The number of hydrogen-bond acceptors (Lipinski definition) is 6. The molecule has 1 aliphatic rings. The van der Waals surface area contributed by atoms with Crippen molar-refractivity contribution in [1.29, 1.82) is 0 Å². The highest BCUT2D eigenvalue weighted by Crippen LogP contribution is 2.34. The molecule has 1 N–H and O–H groups in total. The number of anilines is 1. The highest BCUT2D eigenvalue weighted by atomic mass is 32.1. The van der Waals surface area contributed by atoms with Crippen molar-refractivity contribution in [3.05, 3.63) is 64.1 Å². The maximum Gasteiger partial charge on any atom is 0.266 e. The molecule has 158 valence electrons. The average Bonchev–Trinajstić information content (AvgIpc) is 3.34. The van der Waals surface area contributed by atoms with Crippen molar-refractivity contribution in [2.45, 2.75) is 45.6 Å². The Morgan fingerprint density at radius 1 is 1.40 bits per heavy atom. The van der Waals surface area contributed by atoms with E-state index in [1.807, 2.05) is 24.8 Å². The first-order valence-corrected chi connectivity index (χ1v) is 11.1. The summed E-state index contributed by atoms with van der Waals surface area (Å²) in [7, 11) is 0. The Morgan fingerprint density at radius 2 is 2.27 bits per heavy atom. The first-order chi connectivity index (χ1) is 14.5. The molecule has 1 saturated heterocycles. The van der Waals surface area contributed by atoms with Gasteiger partial charge in [0.05, 0.1) is 11.9 Å². The summed E-state index contributed by atoms with van der Waals surface area (Å²) >= 11 is 1.39. The summed E-state index contributed by atoms with van der Waals surface area (Å²) in [6, 6.07) is 6.26. The number of carbonyl (C=O) groups excluding carboxylic acids is 1. The number of rotatable bonds is 6. The first kappa shape index (κ1) is 20.5. The molecule has 8 heteroatoms. The number of thiazole rings is 1. The van der Waals surface area contributed by atoms with Crippen LogP contribution in [0.5, 0.6) is 0 Å². The summed E-state index contributed by atoms with van der Waals surface area (Å²) in [4.78, 5) is 24.8. The molecule has 1 aromatic carbocycles. The van der Waals surface area contributed by atoms with E-state index in [1.54, 1.807) is 12.3 Å². The summed E-state index contributed by atoms with van der Waals surface area (Å²) < 4.78 is 19.5. The minimum absolute atomic E-state index is 0.0243. The summed E-state index contributed by atoms with van der Waals surface area (Å²) in [5, 5.41) is 3.94. The van der Waals surface area contributed by atoms with Gasteiger partial charge < -0.3 is 14.6 Å². The number of carbonyl (C=O) groups is 1. The second-order valence-electron chi connectivity index (χ2n) is 7.45. The normalized spacial score (nSPS) is 16.6. The van der Waals surface area contributed by atoms with Gasteiger partial charge in [-0.25, -0.2) is 14.4 Å². The number of amides is 1. The minimum atomic E-state index is -0.270. The summed E-state index contributed by atoms with van der Waals surface area (Å²) in [5.74, 6) is 0.914. The lowest BCUT2D eigenvalue weighted by Crippen LogP contribution is -2.38. The maximum atomic E-state index is 13.5. The van der Waals surface area contributed by atoms with Crippen LogP contribution >= 0.6 is 11.3 Å². The molecule has 30 heavy (non-hydrogen) atoms. The molecule has 1 aliphatic heterocycles. The largest absolute Gasteiger partial charge is 0.443 e. The fourth-order valence-electron chi connectivity index (χ4n) is 3.79. The Kier molecular flexibility index (Phi) is 6.13. The Hall–Kier alpha value is -2.74. The number of likely N-dealkylation sites (tertiary alicyclic amines) is 1. The molecule has 0 saturated carbocycles. The molecular weight excluding hydrogens is 403 g/mol. The van der Waals surface area contributed by atoms with Crippen molar-refractivity contribution < 1.29 is 13.6 Å². The minimum Gasteiger partial charge on any atom is -0.443 e. The van der Waals surface area contributed by atoms with Crippen LogP contribution in [0.25, 0.3) is 0 Å². The number of nitrogens with zero attached hydrogens (tertiary/aromatic N) is 3. The third-order valence-electron chi connectivity index (χ3n) is 5.21. The summed E-state index contributed by atoms with van der Waals surface area (Å²) in [5.41, 5.74) is 1.56. The van der Waals surface area contributed by atoms with Crippen molar-refractivity contribution in [2.75, 3.05) is 18.4 Å². The van der Waals surface area contributed by atoms with Gasteiger partial charge >= 0.3 is 0 Å². The van der Waals surface area contributed by atoms with Crippen LogP contribution in [0.1, 0.15) is 64.8 Å². The van der Waals surface area contributed by atoms with Crippen molar-refractivity contribution >= 4 is 22.4 Å². The Labute approximate surface area is 179 Å². The molecule has 3 heterocycles. The number of nitrogens with one attached hydrogen (secondary N) is 1. The van der Waals surface area contributed by atoms with E-state index in [4.69, 9.17) is 4.42 Å². The van der Waals surface area contributed by atoms with E-state index in [9.17, 15) is 9.18 Å². The Morgan fingerprint density at radius 3 is 3.07 bits per heavy atom. The van der Waals surface area contributed by atoms with E-state index in [0.717, 1.165) is 42.2 Å². The second-order valence-corrected chi connectivity index (χ2v) is 8.44. The number of piperidine rings is 1. The van der Waals surface area contributed by atoms with E-state index < -0.39 is 0 Å². The van der Waals surface area contributed by atoms with E-state index in [2.05, 4.69) is 15.3 Å². The molecule has 1 atom stereocenters. The Balaban J connectivity index is 1.54. The molecule has 1 fully saturated rings. The zero-order valence-corrected chi connectivity index (χ0v) is 18.0. The topological polar surface area (TPSA) is 71.3 Å². The van der Waals surface area contributed by atoms with Gasteiger partial charge in [-0.1, -0.05) is 23.5 Å². The van der Waals surface area contributed by atoms with Gasteiger partial charge in [-0.05, 0) is 50.8 Å². The molecule has 3 aromatic rings. The molecule has 4 rings (SSSR count). The monoisotopic (exact) mass is 428 g/mol. The van der Waals surface area contributed by atoms with E-state index in [-0.39, 0.29) is 17.8 Å². The van der Waals surface area contributed by atoms with Crippen molar-refractivity contribution in [3.63, 3.8) is 0 Å². The predicted octanol–water partition coefficient (Wildman–Crippen LogP) is 4.97. The fourth-order valence-corrected chi connectivity index (χ4v) is 4.78. The van der Waals surface area contributed by atoms with Gasteiger partial charge in [0.1, 0.15) is 22.5 Å². The molecule has 1 unspecified atom stereocenters. The van der Waals surface area contributed by atoms with Crippen LogP contribution in [-0.4, -0.2) is 33.9 Å². The van der Waals surface area contributed by atoms with Gasteiger partial charge in [-0.2, -0.15) is 0 Å². The van der Waals surface area contributed by atoms with E-state index >= 15 is 0 Å². The zero-order chi connectivity index (χ0) is 21.1. The fraction of sp³-hybridized carbons (Fsp3) is 0.409. The van der Waals surface area contributed by atoms with Gasteiger partial charge in [0.2, 0.25) is 5.89 Å². The molecule has 6 nitrogen and oxygen atoms in total. The van der Waals surface area contributed by atoms with Crippen LogP contribution in [0.2, 0.25) is 0 Å². The van der Waals surface area contributed by atoms with Crippen molar-refractivity contribution in [2.24, 2.45) is 0 Å². The molecule has 1 amide bonds. The quantitative estimate of drug-likeness (QED) is 0.600. The van der Waals surface area contributed by atoms with Crippen LogP contribution in [0.4, 0.5) is 9.52 Å². The molecule has 2 aromatic heterocycles.